The quantitative estimate of drug-likeness (QED) is 0.240. The maximum atomic E-state index is 13.5. The maximum absolute atomic E-state index is 13.5. The zero-order valence-corrected chi connectivity index (χ0v) is 18.0. The number of halogens is 2. The summed E-state index contributed by atoms with van der Waals surface area (Å²) >= 11 is 0. The number of hydrogen-bond donors (Lipinski definition) is 0. The molecule has 0 spiro atoms. The number of hydrogen-bond acceptors (Lipinski definition) is 6. The summed E-state index contributed by atoms with van der Waals surface area (Å²) in [5.74, 6) is -0.860. The zero-order valence-electron chi connectivity index (χ0n) is 18.0. The molecule has 0 aromatic heterocycles. The van der Waals surface area contributed by atoms with E-state index in [1.807, 2.05) is 0 Å². The van der Waals surface area contributed by atoms with Crippen LogP contribution in [0.15, 0.2) is 91.8 Å². The second-order valence-corrected chi connectivity index (χ2v) is 6.73. The van der Waals surface area contributed by atoms with E-state index in [0.29, 0.717) is 16.9 Å². The topological polar surface area (TPSA) is 71.1 Å². The van der Waals surface area contributed by atoms with Gasteiger partial charge in [0.2, 0.25) is 0 Å². The number of carbonyl (C=O) groups is 2. The van der Waals surface area contributed by atoms with Crippen molar-refractivity contribution < 1.29 is 37.3 Å². The molecule has 172 valence electrons. The van der Waals surface area contributed by atoms with Crippen molar-refractivity contribution in [3.8, 4) is 22.6 Å². The van der Waals surface area contributed by atoms with Crippen LogP contribution in [0.4, 0.5) is 8.78 Å². The van der Waals surface area contributed by atoms with Crippen LogP contribution in [-0.4, -0.2) is 11.9 Å². The first-order chi connectivity index (χ1) is 15.7. The van der Waals surface area contributed by atoms with Crippen LogP contribution in [0.5, 0.6) is 11.5 Å². The van der Waals surface area contributed by atoms with Gasteiger partial charge in [-0.3, -0.25) is 0 Å². The molecule has 0 saturated carbocycles. The van der Waals surface area contributed by atoms with Gasteiger partial charge in [-0.1, -0.05) is 31.4 Å². The van der Waals surface area contributed by atoms with E-state index in [2.05, 4.69) is 13.2 Å². The fraction of sp³-hybridized carbons (Fsp3) is 0.120. The SMILES string of the molecule is C=C(C)C(=O)O/C=C\Oc1ccc(-c2ccc(O/C=C\OC(=O)C(=C)C)c(C(F)F)c2)cc1. The maximum Gasteiger partial charge on any atom is 0.338 e. The van der Waals surface area contributed by atoms with Crippen LogP contribution < -0.4 is 9.47 Å². The molecule has 2 aromatic carbocycles. The summed E-state index contributed by atoms with van der Waals surface area (Å²) in [6.45, 7) is 9.87. The predicted molar refractivity (Wildman–Crippen MR) is 118 cm³/mol. The lowest BCUT2D eigenvalue weighted by Crippen LogP contribution is -2.00. The van der Waals surface area contributed by atoms with Crippen molar-refractivity contribution in [3.05, 3.63) is 97.4 Å². The molecule has 6 nitrogen and oxygen atoms in total. The van der Waals surface area contributed by atoms with E-state index < -0.39 is 18.4 Å². The van der Waals surface area contributed by atoms with Gasteiger partial charge in [0.1, 0.15) is 36.5 Å². The molecule has 0 N–H and O–H groups in total. The van der Waals surface area contributed by atoms with E-state index >= 15 is 0 Å². The third-order valence-corrected chi connectivity index (χ3v) is 3.99. The second-order valence-electron chi connectivity index (χ2n) is 6.73. The summed E-state index contributed by atoms with van der Waals surface area (Å²) < 4.78 is 47.1. The van der Waals surface area contributed by atoms with Crippen LogP contribution in [0.1, 0.15) is 25.8 Å². The van der Waals surface area contributed by atoms with E-state index in [-0.39, 0.29) is 22.5 Å². The molecule has 8 heteroatoms. The van der Waals surface area contributed by atoms with Crippen molar-refractivity contribution in [2.45, 2.75) is 20.3 Å². The molecule has 0 saturated heterocycles. The highest BCUT2D eigenvalue weighted by Crippen LogP contribution is 2.34. The minimum absolute atomic E-state index is 0.0780. The lowest BCUT2D eigenvalue weighted by atomic mass is 10.0. The molecule has 0 radical (unpaired) electrons. The number of benzene rings is 2. The molecule has 0 heterocycles. The van der Waals surface area contributed by atoms with Gasteiger partial charge >= 0.3 is 11.9 Å². The minimum atomic E-state index is -2.79. The first-order valence-corrected chi connectivity index (χ1v) is 9.58. The summed E-state index contributed by atoms with van der Waals surface area (Å²) in [6, 6.07) is 10.9. The van der Waals surface area contributed by atoms with E-state index in [4.69, 9.17) is 18.9 Å². The van der Waals surface area contributed by atoms with Gasteiger partial charge in [0, 0.05) is 11.1 Å². The molecule has 0 aliphatic heterocycles. The molecule has 0 atom stereocenters. The van der Waals surface area contributed by atoms with Crippen molar-refractivity contribution in [1.82, 2.24) is 0 Å². The average Bonchev–Trinajstić information content (AvgIpc) is 2.79. The normalized spacial score (nSPS) is 10.9. The summed E-state index contributed by atoms with van der Waals surface area (Å²) in [6.07, 6.45) is 1.44. The first kappa shape index (κ1) is 25.1. The summed E-state index contributed by atoms with van der Waals surface area (Å²) in [5.41, 5.74) is 1.32. The summed E-state index contributed by atoms with van der Waals surface area (Å²) in [7, 11) is 0. The average molecular weight is 456 g/mol. The molecular formula is C25H22F2O6. The standard InChI is InChI=1S/C25H22F2O6/c1-16(2)24(28)32-13-11-30-20-8-5-18(6-9-20)19-7-10-22(21(15-19)23(26)27)31-12-14-33-25(29)17(3)4/h5-15,23H,1,3H2,2,4H3/b13-11-,14-12-. The van der Waals surface area contributed by atoms with Crippen LogP contribution >= 0.6 is 0 Å². The Labute approximate surface area is 190 Å². The smallest absolute Gasteiger partial charge is 0.338 e. The van der Waals surface area contributed by atoms with E-state index in [0.717, 1.165) is 18.8 Å². The fourth-order valence-corrected chi connectivity index (χ4v) is 2.32. The highest BCUT2D eigenvalue weighted by atomic mass is 19.3. The van der Waals surface area contributed by atoms with Crippen LogP contribution in [-0.2, 0) is 19.1 Å². The molecule has 0 bridgehead atoms. The van der Waals surface area contributed by atoms with Crippen LogP contribution in [0.25, 0.3) is 11.1 Å². The van der Waals surface area contributed by atoms with E-state index in [9.17, 15) is 18.4 Å². The highest BCUT2D eigenvalue weighted by Gasteiger charge is 2.15. The Morgan fingerprint density at radius 2 is 1.30 bits per heavy atom. The Balaban J connectivity index is 2.07. The van der Waals surface area contributed by atoms with Gasteiger partial charge in [0.25, 0.3) is 6.43 Å². The molecular weight excluding hydrogens is 434 g/mol. The number of carbonyl (C=O) groups excluding carboxylic acids is 2. The fourth-order valence-electron chi connectivity index (χ4n) is 2.32. The Morgan fingerprint density at radius 1 is 0.788 bits per heavy atom. The minimum Gasteiger partial charge on any atom is -0.462 e. The summed E-state index contributed by atoms with van der Waals surface area (Å²) in [4.78, 5) is 22.6. The van der Waals surface area contributed by atoms with Crippen molar-refractivity contribution in [2.24, 2.45) is 0 Å². The lowest BCUT2D eigenvalue weighted by molar-refractivity contribution is -0.134. The van der Waals surface area contributed by atoms with Crippen molar-refractivity contribution in [2.75, 3.05) is 0 Å². The van der Waals surface area contributed by atoms with Gasteiger partial charge in [-0.25, -0.2) is 18.4 Å². The number of esters is 2. The monoisotopic (exact) mass is 456 g/mol. The third-order valence-electron chi connectivity index (χ3n) is 3.99. The molecule has 2 aromatic rings. The second kappa shape index (κ2) is 12.0. The number of alkyl halides is 2. The Hall–Kier alpha value is -4.20. The Bertz CT molecular complexity index is 1080. The molecule has 2 rings (SSSR count). The van der Waals surface area contributed by atoms with Gasteiger partial charge in [-0.05, 0) is 49.2 Å². The molecule has 0 aliphatic carbocycles. The van der Waals surface area contributed by atoms with Gasteiger partial charge in [0.15, 0.2) is 0 Å². The first-order valence-electron chi connectivity index (χ1n) is 9.58. The largest absolute Gasteiger partial charge is 0.462 e. The van der Waals surface area contributed by atoms with Crippen LogP contribution in [0, 0.1) is 0 Å². The van der Waals surface area contributed by atoms with Gasteiger partial charge in [0.05, 0.1) is 5.56 Å². The molecule has 0 amide bonds. The van der Waals surface area contributed by atoms with Crippen molar-refractivity contribution in [3.63, 3.8) is 0 Å². The van der Waals surface area contributed by atoms with Gasteiger partial charge in [-0.15, -0.1) is 0 Å². The third kappa shape index (κ3) is 7.77. The summed E-state index contributed by atoms with van der Waals surface area (Å²) in [5, 5.41) is 0. The lowest BCUT2D eigenvalue weighted by Gasteiger charge is -2.11. The molecule has 0 unspecified atom stereocenters. The number of rotatable bonds is 10. The zero-order chi connectivity index (χ0) is 24.4. The van der Waals surface area contributed by atoms with Crippen molar-refractivity contribution >= 4 is 11.9 Å². The molecule has 33 heavy (non-hydrogen) atoms. The van der Waals surface area contributed by atoms with Crippen LogP contribution in [0.2, 0.25) is 0 Å². The van der Waals surface area contributed by atoms with Crippen molar-refractivity contribution in [1.29, 1.82) is 0 Å². The van der Waals surface area contributed by atoms with E-state index in [1.165, 1.54) is 32.2 Å². The predicted octanol–water partition coefficient (Wildman–Crippen LogP) is 6.23. The highest BCUT2D eigenvalue weighted by molar-refractivity contribution is 5.87. The van der Waals surface area contributed by atoms with Crippen LogP contribution in [0.3, 0.4) is 0 Å². The Morgan fingerprint density at radius 3 is 1.82 bits per heavy atom. The van der Waals surface area contributed by atoms with Gasteiger partial charge in [-0.2, -0.15) is 0 Å². The number of ether oxygens (including phenoxy) is 4. The van der Waals surface area contributed by atoms with E-state index in [1.54, 1.807) is 30.3 Å². The molecule has 0 fully saturated rings. The molecule has 0 aliphatic rings. The Kier molecular flexibility index (Phi) is 9.11. The van der Waals surface area contributed by atoms with Gasteiger partial charge < -0.3 is 18.9 Å².